The van der Waals surface area contributed by atoms with E-state index in [1.807, 2.05) is 0 Å². The fraction of sp³-hybridized carbons (Fsp3) is 0.235. The molecule has 2 rings (SSSR count). The molecule has 0 aliphatic carbocycles. The Kier molecular flexibility index (Phi) is 6.05. The summed E-state index contributed by atoms with van der Waals surface area (Å²) in [5, 5.41) is 9.91. The number of rotatable bonds is 7. The fourth-order valence-electron chi connectivity index (χ4n) is 2.30. The normalized spacial score (nSPS) is 12.8. The lowest BCUT2D eigenvalue weighted by molar-refractivity contribution is -0.141. The summed E-state index contributed by atoms with van der Waals surface area (Å²) in [6.45, 7) is 0. The molecule has 0 fully saturated rings. The van der Waals surface area contributed by atoms with E-state index in [0.29, 0.717) is 16.3 Å². The highest BCUT2D eigenvalue weighted by Crippen LogP contribution is 2.21. The number of nitrogens with zero attached hydrogens (tertiary/aromatic N) is 1. The zero-order chi connectivity index (χ0) is 18.6. The SMILES string of the molecule is COc1ccc(CC(C(=O)O)N(C)S(=O)(=O)c2ccc(Cl)cc2)cc1. The van der Waals surface area contributed by atoms with Crippen molar-refractivity contribution in [2.24, 2.45) is 0 Å². The summed E-state index contributed by atoms with van der Waals surface area (Å²) in [5.74, 6) is -0.589. The largest absolute Gasteiger partial charge is 0.497 e. The predicted octanol–water partition coefficient (Wildman–Crippen LogP) is 2.67. The van der Waals surface area contributed by atoms with E-state index in [0.717, 1.165) is 4.31 Å². The van der Waals surface area contributed by atoms with Gasteiger partial charge in [0, 0.05) is 12.1 Å². The molecule has 0 aliphatic heterocycles. The molecule has 134 valence electrons. The first-order chi connectivity index (χ1) is 11.8. The van der Waals surface area contributed by atoms with Gasteiger partial charge < -0.3 is 9.84 Å². The van der Waals surface area contributed by atoms with Crippen LogP contribution in [0.1, 0.15) is 5.56 Å². The van der Waals surface area contributed by atoms with Crippen molar-refractivity contribution < 1.29 is 23.1 Å². The Bertz CT molecular complexity index is 834. The van der Waals surface area contributed by atoms with Crippen LogP contribution in [0.3, 0.4) is 0 Å². The zero-order valence-corrected chi connectivity index (χ0v) is 15.3. The van der Waals surface area contributed by atoms with Gasteiger partial charge in [0.25, 0.3) is 0 Å². The van der Waals surface area contributed by atoms with E-state index in [9.17, 15) is 18.3 Å². The molecule has 0 heterocycles. The number of hydrogen-bond acceptors (Lipinski definition) is 4. The van der Waals surface area contributed by atoms with E-state index in [1.54, 1.807) is 24.3 Å². The predicted molar refractivity (Wildman–Crippen MR) is 94.5 cm³/mol. The van der Waals surface area contributed by atoms with E-state index in [-0.39, 0.29) is 11.3 Å². The number of halogens is 1. The minimum Gasteiger partial charge on any atom is -0.497 e. The molecule has 0 saturated heterocycles. The maximum absolute atomic E-state index is 12.7. The van der Waals surface area contributed by atoms with Gasteiger partial charge in [-0.3, -0.25) is 4.79 Å². The van der Waals surface area contributed by atoms with Gasteiger partial charge in [0.05, 0.1) is 12.0 Å². The van der Waals surface area contributed by atoms with Crippen LogP contribution in [0.4, 0.5) is 0 Å². The third kappa shape index (κ3) is 4.50. The second-order valence-electron chi connectivity index (χ2n) is 5.38. The van der Waals surface area contributed by atoms with Crippen molar-refractivity contribution in [3.8, 4) is 5.75 Å². The van der Waals surface area contributed by atoms with Crippen molar-refractivity contribution in [2.75, 3.05) is 14.2 Å². The number of carbonyl (C=O) groups is 1. The fourth-order valence-corrected chi connectivity index (χ4v) is 3.73. The lowest BCUT2D eigenvalue weighted by atomic mass is 10.1. The molecule has 0 spiro atoms. The first-order valence-electron chi connectivity index (χ1n) is 7.35. The minimum absolute atomic E-state index is 0.0135. The molecular formula is C17H18ClNO5S. The van der Waals surface area contributed by atoms with E-state index >= 15 is 0 Å². The minimum atomic E-state index is -3.96. The van der Waals surface area contributed by atoms with Gasteiger partial charge in [0.15, 0.2) is 0 Å². The molecule has 2 aromatic carbocycles. The van der Waals surface area contributed by atoms with E-state index in [1.165, 1.54) is 38.4 Å². The first kappa shape index (κ1) is 19.2. The molecule has 1 N–H and O–H groups in total. The standard InChI is InChI=1S/C17H18ClNO5S/c1-19(25(22,23)15-9-5-13(18)6-10-15)16(17(20)21)11-12-3-7-14(24-2)8-4-12/h3-10,16H,11H2,1-2H3,(H,20,21). The Morgan fingerprint density at radius 2 is 1.72 bits per heavy atom. The van der Waals surface area contributed by atoms with Gasteiger partial charge in [-0.15, -0.1) is 0 Å². The number of aliphatic carboxylic acids is 1. The second kappa shape index (κ2) is 7.86. The molecular weight excluding hydrogens is 366 g/mol. The third-order valence-electron chi connectivity index (χ3n) is 3.80. The van der Waals surface area contributed by atoms with E-state index in [4.69, 9.17) is 16.3 Å². The summed E-state index contributed by atoms with van der Waals surface area (Å²) in [4.78, 5) is 11.6. The molecule has 8 heteroatoms. The van der Waals surface area contributed by atoms with Crippen LogP contribution in [0.15, 0.2) is 53.4 Å². The van der Waals surface area contributed by atoms with Crippen LogP contribution in [-0.2, 0) is 21.2 Å². The van der Waals surface area contributed by atoms with Crippen LogP contribution in [0.5, 0.6) is 5.75 Å². The third-order valence-corrected chi connectivity index (χ3v) is 5.94. The molecule has 25 heavy (non-hydrogen) atoms. The van der Waals surface area contributed by atoms with Crippen molar-refractivity contribution in [1.29, 1.82) is 0 Å². The molecule has 0 amide bonds. The van der Waals surface area contributed by atoms with Crippen molar-refractivity contribution in [3.05, 3.63) is 59.1 Å². The summed E-state index contributed by atoms with van der Waals surface area (Å²) in [7, 11) is -1.18. The Balaban J connectivity index is 2.28. The van der Waals surface area contributed by atoms with Crippen molar-refractivity contribution in [2.45, 2.75) is 17.4 Å². The molecule has 0 bridgehead atoms. The van der Waals surface area contributed by atoms with Gasteiger partial charge >= 0.3 is 5.97 Å². The van der Waals surface area contributed by atoms with Crippen LogP contribution < -0.4 is 4.74 Å². The van der Waals surface area contributed by atoms with Crippen LogP contribution in [-0.4, -0.2) is 44.0 Å². The van der Waals surface area contributed by atoms with Crippen LogP contribution in [0, 0.1) is 0 Å². The number of carboxylic acid groups (broad SMARTS) is 1. The average molecular weight is 384 g/mol. The summed E-state index contributed by atoms with van der Waals surface area (Å²) >= 11 is 5.77. The van der Waals surface area contributed by atoms with Gasteiger partial charge in [-0.25, -0.2) is 8.42 Å². The second-order valence-corrected chi connectivity index (χ2v) is 7.82. The van der Waals surface area contributed by atoms with Gasteiger partial charge in [0.1, 0.15) is 11.8 Å². The highest BCUT2D eigenvalue weighted by molar-refractivity contribution is 7.89. The monoisotopic (exact) mass is 383 g/mol. The van der Waals surface area contributed by atoms with Crippen molar-refractivity contribution in [1.82, 2.24) is 4.31 Å². The van der Waals surface area contributed by atoms with Crippen molar-refractivity contribution >= 4 is 27.6 Å². The lowest BCUT2D eigenvalue weighted by Gasteiger charge is -2.24. The summed E-state index contributed by atoms with van der Waals surface area (Å²) in [6, 6.07) is 11.2. The molecule has 0 radical (unpaired) electrons. The lowest BCUT2D eigenvalue weighted by Crippen LogP contribution is -2.43. The topological polar surface area (TPSA) is 83.9 Å². The quantitative estimate of drug-likeness (QED) is 0.794. The number of benzene rings is 2. The van der Waals surface area contributed by atoms with Crippen molar-refractivity contribution in [3.63, 3.8) is 0 Å². The highest BCUT2D eigenvalue weighted by Gasteiger charge is 2.32. The summed E-state index contributed by atoms with van der Waals surface area (Å²) in [5.41, 5.74) is 0.686. The Morgan fingerprint density at radius 1 is 1.16 bits per heavy atom. The Labute approximate surface area is 151 Å². The molecule has 6 nitrogen and oxygen atoms in total. The van der Waals surface area contributed by atoms with E-state index in [2.05, 4.69) is 0 Å². The first-order valence-corrected chi connectivity index (χ1v) is 9.17. The number of hydrogen-bond donors (Lipinski definition) is 1. The van der Waals surface area contributed by atoms with Gasteiger partial charge in [0.2, 0.25) is 10.0 Å². The Hall–Kier alpha value is -2.09. The molecule has 0 aromatic heterocycles. The zero-order valence-electron chi connectivity index (χ0n) is 13.7. The number of sulfonamides is 1. The molecule has 0 saturated carbocycles. The molecule has 2 aromatic rings. The average Bonchev–Trinajstić information content (AvgIpc) is 2.59. The number of methoxy groups -OCH3 is 1. The smallest absolute Gasteiger partial charge is 0.322 e. The molecule has 1 unspecified atom stereocenters. The van der Waals surface area contributed by atoms with Gasteiger partial charge in [-0.2, -0.15) is 4.31 Å². The number of ether oxygens (including phenoxy) is 1. The summed E-state index contributed by atoms with van der Waals surface area (Å²) < 4.78 is 31.3. The number of carboxylic acids is 1. The van der Waals surface area contributed by atoms with Gasteiger partial charge in [-0.05, 0) is 48.4 Å². The van der Waals surface area contributed by atoms with Crippen LogP contribution in [0.25, 0.3) is 0 Å². The maximum atomic E-state index is 12.7. The number of likely N-dealkylation sites (N-methyl/N-ethyl adjacent to an activating group) is 1. The highest BCUT2D eigenvalue weighted by atomic mass is 35.5. The summed E-state index contributed by atoms with van der Waals surface area (Å²) in [6.07, 6.45) is 0.0304. The van der Waals surface area contributed by atoms with Crippen LogP contribution >= 0.6 is 11.6 Å². The van der Waals surface area contributed by atoms with Crippen LogP contribution in [0.2, 0.25) is 5.02 Å². The van der Waals surface area contributed by atoms with E-state index < -0.39 is 22.0 Å². The molecule has 0 aliphatic rings. The van der Waals surface area contributed by atoms with Gasteiger partial charge in [-0.1, -0.05) is 23.7 Å². The molecule has 1 atom stereocenters. The Morgan fingerprint density at radius 3 is 2.20 bits per heavy atom. The maximum Gasteiger partial charge on any atom is 0.322 e.